The highest BCUT2D eigenvalue weighted by molar-refractivity contribution is 5.96. The Morgan fingerprint density at radius 2 is 1.93 bits per heavy atom. The number of benzene rings is 1. The Morgan fingerprint density at radius 3 is 2.36 bits per heavy atom. The molecule has 0 aliphatic rings. The number of hydrogen-bond acceptors (Lipinski definition) is 2. The van der Waals surface area contributed by atoms with Gasteiger partial charge in [-0.25, -0.2) is 0 Å². The van der Waals surface area contributed by atoms with Crippen molar-refractivity contribution in [1.29, 1.82) is 0 Å². The van der Waals surface area contributed by atoms with Crippen LogP contribution in [0.3, 0.4) is 0 Å². The van der Waals surface area contributed by atoms with Crippen molar-refractivity contribution in [2.45, 2.75) is 12.5 Å². The first-order valence-electron chi connectivity index (χ1n) is 4.10. The summed E-state index contributed by atoms with van der Waals surface area (Å²) < 4.78 is 9.50. The summed E-state index contributed by atoms with van der Waals surface area (Å²) in [4.78, 5) is 10.4. The quantitative estimate of drug-likeness (QED) is 0.677. The molecule has 0 heterocycles. The average Bonchev–Trinajstić information content (AvgIpc) is 2.22. The van der Waals surface area contributed by atoms with Crippen LogP contribution in [0.1, 0.15) is 5.56 Å². The molecule has 0 radical (unpaired) electrons. The molecule has 0 saturated heterocycles. The first-order chi connectivity index (χ1) is 6.70. The third kappa shape index (κ3) is 4.62. The van der Waals surface area contributed by atoms with Gasteiger partial charge < -0.3 is 15.2 Å². The number of carbonyl (C=O) groups is 1. The summed E-state index contributed by atoms with van der Waals surface area (Å²) in [6.45, 7) is 0. The van der Waals surface area contributed by atoms with Crippen molar-refractivity contribution in [1.82, 2.24) is 0 Å². The van der Waals surface area contributed by atoms with Crippen molar-refractivity contribution >= 4 is 14.1 Å². The largest absolute Gasteiger partial charge is 0.480 e. The predicted molar refractivity (Wildman–Crippen MR) is 55.4 cm³/mol. The molecule has 76 valence electrons. The van der Waals surface area contributed by atoms with Crippen molar-refractivity contribution in [3.8, 4) is 0 Å². The van der Waals surface area contributed by atoms with E-state index in [1.807, 2.05) is 30.3 Å². The Labute approximate surface area is 83.2 Å². The van der Waals surface area contributed by atoms with Crippen molar-refractivity contribution in [3.05, 3.63) is 35.9 Å². The van der Waals surface area contributed by atoms with E-state index in [9.17, 15) is 9.11 Å². The zero-order valence-electron chi connectivity index (χ0n) is 7.98. The first kappa shape index (κ1) is 12.6. The second kappa shape index (κ2) is 7.09. The molecule has 0 bridgehead atoms. The third-order valence-electron chi connectivity index (χ3n) is 1.62. The van der Waals surface area contributed by atoms with Gasteiger partial charge in [-0.1, -0.05) is 30.3 Å². The second-order valence-corrected chi connectivity index (χ2v) is 2.63. The molecule has 0 amide bonds. The number of rotatable bonds is 3. The normalized spacial score (nSPS) is 11.0. The van der Waals surface area contributed by atoms with Crippen LogP contribution in [0.5, 0.6) is 0 Å². The number of halogens is 1. The van der Waals surface area contributed by atoms with Crippen molar-refractivity contribution in [3.63, 3.8) is 0 Å². The van der Waals surface area contributed by atoms with Gasteiger partial charge in [0.05, 0.1) is 0 Å². The van der Waals surface area contributed by atoms with Gasteiger partial charge in [0.15, 0.2) is 0 Å². The fourth-order valence-corrected chi connectivity index (χ4v) is 0.955. The highest BCUT2D eigenvalue weighted by Crippen LogP contribution is 2.01. The van der Waals surface area contributed by atoms with Gasteiger partial charge in [0.2, 0.25) is 0 Å². The number of hydrogen-bond donors (Lipinski definition) is 2. The van der Waals surface area contributed by atoms with E-state index in [0.29, 0.717) is 14.5 Å². The Bertz CT molecular complexity index is 269. The minimum absolute atomic E-state index is 0.385. The topological polar surface area (TPSA) is 63.3 Å². The molecule has 14 heavy (non-hydrogen) atoms. The second-order valence-electron chi connectivity index (χ2n) is 2.63. The van der Waals surface area contributed by atoms with Gasteiger partial charge in [0.1, 0.15) is 6.04 Å². The van der Waals surface area contributed by atoms with E-state index in [-0.39, 0.29) is 0 Å². The van der Waals surface area contributed by atoms with Gasteiger partial charge in [0, 0.05) is 0 Å². The maximum Gasteiger partial charge on any atom is 0.320 e. The van der Waals surface area contributed by atoms with Gasteiger partial charge >= 0.3 is 14.1 Å². The van der Waals surface area contributed by atoms with Crippen LogP contribution in [0.2, 0.25) is 0 Å². The molecule has 1 aromatic rings. The average molecular weight is 197 g/mol. The minimum atomic E-state index is -0.959. The number of carboxylic acids is 1. The minimum Gasteiger partial charge on any atom is -0.480 e. The Kier molecular flexibility index (Phi) is 6.40. The van der Waals surface area contributed by atoms with Crippen LogP contribution < -0.4 is 5.73 Å². The van der Waals surface area contributed by atoms with Crippen LogP contribution in [0, 0.1) is 0 Å². The lowest BCUT2D eigenvalue weighted by Crippen LogP contribution is -2.32. The standard InChI is InChI=1S/C9H11NO2.BFH2/c10-8(9(11)12)6-7-4-2-1-3-5-7;1-2/h1-5,8H,6,10H2,(H,11,12);1H2. The van der Waals surface area contributed by atoms with Crippen LogP contribution in [0.25, 0.3) is 0 Å². The van der Waals surface area contributed by atoms with E-state index in [1.165, 1.54) is 0 Å². The predicted octanol–water partition coefficient (Wildman–Crippen LogP) is 0.145. The highest BCUT2D eigenvalue weighted by atomic mass is 19.1. The van der Waals surface area contributed by atoms with E-state index in [1.54, 1.807) is 0 Å². The summed E-state index contributed by atoms with van der Waals surface area (Å²) in [5.74, 6) is -0.959. The maximum atomic E-state index is 10.4. The summed E-state index contributed by atoms with van der Waals surface area (Å²) in [7, 11) is 0.500. The van der Waals surface area contributed by atoms with Crippen LogP contribution in [-0.2, 0) is 11.2 Å². The smallest absolute Gasteiger partial charge is 0.320 e. The molecule has 1 unspecified atom stereocenters. The first-order valence-corrected chi connectivity index (χ1v) is 4.10. The number of nitrogens with two attached hydrogens (primary N) is 1. The van der Waals surface area contributed by atoms with Crippen LogP contribution >= 0.6 is 0 Å². The van der Waals surface area contributed by atoms with Gasteiger partial charge in [-0.05, 0) is 12.0 Å². The summed E-state index contributed by atoms with van der Waals surface area (Å²) in [5.41, 5.74) is 6.30. The Hall–Kier alpha value is -1.36. The Morgan fingerprint density at radius 1 is 1.43 bits per heavy atom. The van der Waals surface area contributed by atoms with Crippen LogP contribution in [0.15, 0.2) is 30.3 Å². The van der Waals surface area contributed by atoms with Gasteiger partial charge in [0.25, 0.3) is 0 Å². The molecule has 1 rings (SSSR count). The molecule has 3 nitrogen and oxygen atoms in total. The summed E-state index contributed by atoms with van der Waals surface area (Å²) >= 11 is 0. The maximum absolute atomic E-state index is 10.4. The van der Waals surface area contributed by atoms with Crippen molar-refractivity contribution < 1.29 is 14.2 Å². The van der Waals surface area contributed by atoms with E-state index in [4.69, 9.17) is 10.8 Å². The number of carboxylic acid groups (broad SMARTS) is 1. The van der Waals surface area contributed by atoms with Crippen molar-refractivity contribution in [2.24, 2.45) is 5.73 Å². The number of aliphatic carboxylic acids is 1. The molecule has 0 aromatic heterocycles. The molecule has 3 N–H and O–H groups in total. The molecule has 0 saturated carbocycles. The highest BCUT2D eigenvalue weighted by Gasteiger charge is 2.10. The monoisotopic (exact) mass is 197 g/mol. The fraction of sp³-hybridized carbons (Fsp3) is 0.222. The molecule has 0 spiro atoms. The van der Waals surface area contributed by atoms with E-state index in [2.05, 4.69) is 0 Å². The van der Waals surface area contributed by atoms with E-state index >= 15 is 0 Å². The lowest BCUT2D eigenvalue weighted by molar-refractivity contribution is -0.138. The molecule has 5 heteroatoms. The zero-order chi connectivity index (χ0) is 11.0. The van der Waals surface area contributed by atoms with Crippen LogP contribution in [0.4, 0.5) is 4.32 Å². The molecule has 0 fully saturated rings. The summed E-state index contributed by atoms with van der Waals surface area (Å²) in [6.07, 6.45) is 0.385. The summed E-state index contributed by atoms with van der Waals surface area (Å²) in [5, 5.41) is 8.52. The van der Waals surface area contributed by atoms with Gasteiger partial charge in [-0.2, -0.15) is 0 Å². The molecule has 0 aliphatic heterocycles. The molecule has 1 atom stereocenters. The molecular weight excluding hydrogens is 184 g/mol. The van der Waals surface area contributed by atoms with E-state index in [0.717, 1.165) is 5.56 Å². The summed E-state index contributed by atoms with van der Waals surface area (Å²) in [6, 6.07) is 8.54. The fourth-order valence-electron chi connectivity index (χ4n) is 0.955. The molecule has 1 aromatic carbocycles. The van der Waals surface area contributed by atoms with Crippen LogP contribution in [-0.4, -0.2) is 25.2 Å². The SMILES string of the molecule is BF.NC(Cc1ccccc1)C(=O)O. The van der Waals surface area contributed by atoms with E-state index < -0.39 is 12.0 Å². The lowest BCUT2D eigenvalue weighted by Gasteiger charge is -2.04. The van der Waals surface area contributed by atoms with Gasteiger partial charge in [-0.3, -0.25) is 4.79 Å². The van der Waals surface area contributed by atoms with Crippen molar-refractivity contribution in [2.75, 3.05) is 0 Å². The zero-order valence-corrected chi connectivity index (χ0v) is 7.98. The molecular formula is C9H13BFNO2. The lowest BCUT2D eigenvalue weighted by atomic mass is 10.1. The van der Waals surface area contributed by atoms with Gasteiger partial charge in [-0.15, -0.1) is 0 Å². The molecule has 0 aliphatic carbocycles. The third-order valence-corrected chi connectivity index (χ3v) is 1.62. The Balaban J connectivity index is 0.000000791.